The summed E-state index contributed by atoms with van der Waals surface area (Å²) < 4.78 is 1.76. The number of fused-ring (bicyclic) bond motifs is 1. The maximum atomic E-state index is 11.5. The molecule has 0 saturated heterocycles. The molecule has 2 N–H and O–H groups in total. The summed E-state index contributed by atoms with van der Waals surface area (Å²) in [5.74, 6) is 0. The second-order valence-corrected chi connectivity index (χ2v) is 9.34. The molecule has 0 unspecified atom stereocenters. The lowest BCUT2D eigenvalue weighted by atomic mass is 10.1. The highest BCUT2D eigenvalue weighted by Crippen LogP contribution is 2.23. The minimum Gasteiger partial charge on any atom is -0.339 e. The molecule has 190 valence electrons. The number of amides is 2. The van der Waals surface area contributed by atoms with Crippen LogP contribution in [0.5, 0.6) is 0 Å². The van der Waals surface area contributed by atoms with Crippen LogP contribution in [0, 0.1) is 0 Å². The van der Waals surface area contributed by atoms with Gasteiger partial charge in [0.1, 0.15) is 5.65 Å². The van der Waals surface area contributed by atoms with E-state index in [0.29, 0.717) is 0 Å². The summed E-state index contributed by atoms with van der Waals surface area (Å²) in [6, 6.07) is 24.3. The number of H-pyrrole nitrogens is 1. The minimum absolute atomic E-state index is 0.138. The van der Waals surface area contributed by atoms with E-state index in [1.54, 1.807) is 18.8 Å². The monoisotopic (exact) mass is 495 g/mol. The van der Waals surface area contributed by atoms with E-state index < -0.39 is 0 Å². The Morgan fingerprint density at radius 3 is 2.24 bits per heavy atom. The Morgan fingerprint density at radius 2 is 1.65 bits per heavy atom. The molecule has 8 heteroatoms. The molecule has 5 rings (SSSR count). The summed E-state index contributed by atoms with van der Waals surface area (Å²) in [4.78, 5) is 22.8. The summed E-state index contributed by atoms with van der Waals surface area (Å²) in [7, 11) is 9.46. The number of nitrogens with one attached hydrogen (secondary N) is 2. The van der Waals surface area contributed by atoms with Crippen LogP contribution in [0.15, 0.2) is 85.2 Å². The van der Waals surface area contributed by atoms with Crippen molar-refractivity contribution in [2.45, 2.75) is 6.54 Å². The summed E-state index contributed by atoms with van der Waals surface area (Å²) in [5.41, 5.74) is 7.29. The second kappa shape index (κ2) is 11.5. The van der Waals surface area contributed by atoms with E-state index >= 15 is 0 Å². The molecule has 3 aromatic heterocycles. The van der Waals surface area contributed by atoms with E-state index in [1.807, 2.05) is 55.8 Å². The number of benzene rings is 2. The zero-order chi connectivity index (χ0) is 26.4. The van der Waals surface area contributed by atoms with Crippen LogP contribution >= 0.6 is 0 Å². The third-order valence-corrected chi connectivity index (χ3v) is 5.71. The van der Waals surface area contributed by atoms with Gasteiger partial charge < -0.3 is 20.1 Å². The molecule has 2 aromatic carbocycles. The van der Waals surface area contributed by atoms with E-state index in [9.17, 15) is 4.79 Å². The summed E-state index contributed by atoms with van der Waals surface area (Å²) in [6.45, 7) is 0.967. The van der Waals surface area contributed by atoms with Crippen molar-refractivity contribution >= 4 is 22.8 Å². The molecule has 0 saturated carbocycles. The van der Waals surface area contributed by atoms with Crippen LogP contribution in [-0.2, 0) is 13.6 Å². The molecule has 0 fully saturated rings. The fraction of sp³-hybridized carbons (Fsp3) is 0.207. The highest BCUT2D eigenvalue weighted by Gasteiger charge is 2.06. The van der Waals surface area contributed by atoms with Crippen LogP contribution in [0.4, 0.5) is 10.5 Å². The van der Waals surface area contributed by atoms with Gasteiger partial charge in [-0.05, 0) is 61.6 Å². The SMILES string of the molecule is CN(C)C(=O)Nc1ccc(-c2ccn(C)n2)cc1.CN(C)Cc1ccc(-c2cc3cccnc3[nH]2)cc1. The van der Waals surface area contributed by atoms with Gasteiger partial charge in [0.25, 0.3) is 0 Å². The van der Waals surface area contributed by atoms with Gasteiger partial charge in [0.15, 0.2) is 0 Å². The number of aryl methyl sites for hydroxylation is 1. The van der Waals surface area contributed by atoms with Crippen molar-refractivity contribution in [3.8, 4) is 22.5 Å². The fourth-order valence-electron chi connectivity index (χ4n) is 3.80. The lowest BCUT2D eigenvalue weighted by molar-refractivity contribution is 0.230. The van der Waals surface area contributed by atoms with Gasteiger partial charge in [-0.1, -0.05) is 36.4 Å². The Kier molecular flexibility index (Phi) is 8.00. The fourth-order valence-corrected chi connectivity index (χ4v) is 3.80. The van der Waals surface area contributed by atoms with Crippen LogP contribution in [0.3, 0.4) is 0 Å². The lowest BCUT2D eigenvalue weighted by Crippen LogP contribution is -2.27. The first-order valence-electron chi connectivity index (χ1n) is 12.0. The van der Waals surface area contributed by atoms with E-state index in [-0.39, 0.29) is 6.03 Å². The van der Waals surface area contributed by atoms with Crippen molar-refractivity contribution in [2.24, 2.45) is 7.05 Å². The largest absolute Gasteiger partial charge is 0.339 e. The number of aromatic amines is 1. The molecule has 0 bridgehead atoms. The van der Waals surface area contributed by atoms with Crippen LogP contribution in [-0.4, -0.2) is 63.8 Å². The predicted octanol–water partition coefficient (Wildman–Crippen LogP) is 5.47. The first kappa shape index (κ1) is 25.7. The number of hydrogen-bond acceptors (Lipinski definition) is 4. The Balaban J connectivity index is 0.000000173. The number of nitrogens with zero attached hydrogens (tertiary/aromatic N) is 5. The maximum absolute atomic E-state index is 11.5. The van der Waals surface area contributed by atoms with Gasteiger partial charge in [0.05, 0.1) is 5.69 Å². The van der Waals surface area contributed by atoms with Crippen molar-refractivity contribution in [3.05, 3.63) is 90.8 Å². The molecule has 5 aromatic rings. The molecule has 0 aliphatic heterocycles. The van der Waals surface area contributed by atoms with Crippen LogP contribution < -0.4 is 5.32 Å². The van der Waals surface area contributed by atoms with Gasteiger partial charge >= 0.3 is 6.03 Å². The maximum Gasteiger partial charge on any atom is 0.321 e. The average Bonchev–Trinajstić information content (AvgIpc) is 3.51. The average molecular weight is 496 g/mol. The second-order valence-electron chi connectivity index (χ2n) is 9.34. The lowest BCUT2D eigenvalue weighted by Gasteiger charge is -2.11. The molecule has 2 amide bonds. The molecular weight excluding hydrogens is 462 g/mol. The van der Waals surface area contributed by atoms with Crippen molar-refractivity contribution in [3.63, 3.8) is 0 Å². The van der Waals surface area contributed by atoms with Crippen LogP contribution in [0.1, 0.15) is 5.56 Å². The Morgan fingerprint density at radius 1 is 0.946 bits per heavy atom. The van der Waals surface area contributed by atoms with Gasteiger partial charge in [0.2, 0.25) is 0 Å². The molecule has 37 heavy (non-hydrogen) atoms. The topological polar surface area (TPSA) is 82.1 Å². The number of carbonyl (C=O) groups is 1. The van der Waals surface area contributed by atoms with Crippen molar-refractivity contribution in [2.75, 3.05) is 33.5 Å². The van der Waals surface area contributed by atoms with Crippen molar-refractivity contribution in [1.82, 2.24) is 29.5 Å². The van der Waals surface area contributed by atoms with Crippen LogP contribution in [0.25, 0.3) is 33.5 Å². The van der Waals surface area contributed by atoms with Gasteiger partial charge in [-0.3, -0.25) is 4.68 Å². The molecule has 0 aliphatic rings. The van der Waals surface area contributed by atoms with Gasteiger partial charge in [-0.2, -0.15) is 5.10 Å². The molecule has 3 heterocycles. The highest BCUT2D eigenvalue weighted by atomic mass is 16.2. The molecule has 0 radical (unpaired) electrons. The summed E-state index contributed by atoms with van der Waals surface area (Å²) >= 11 is 0. The van der Waals surface area contributed by atoms with Crippen molar-refractivity contribution < 1.29 is 4.79 Å². The molecule has 8 nitrogen and oxygen atoms in total. The molecule has 0 atom stereocenters. The third kappa shape index (κ3) is 6.83. The molecule has 0 aliphatic carbocycles. The zero-order valence-corrected chi connectivity index (χ0v) is 21.9. The molecule has 0 spiro atoms. The van der Waals surface area contributed by atoms with Crippen molar-refractivity contribution in [1.29, 1.82) is 0 Å². The number of aromatic nitrogens is 4. The Hall–Kier alpha value is -4.43. The van der Waals surface area contributed by atoms with Crippen LogP contribution in [0.2, 0.25) is 0 Å². The van der Waals surface area contributed by atoms with E-state index in [0.717, 1.165) is 40.2 Å². The highest BCUT2D eigenvalue weighted by molar-refractivity contribution is 5.89. The first-order valence-corrected chi connectivity index (χ1v) is 12.0. The van der Waals surface area contributed by atoms with Gasteiger partial charge in [-0.15, -0.1) is 0 Å². The number of carbonyl (C=O) groups excluding carboxylic acids is 1. The minimum atomic E-state index is -0.138. The number of rotatable bonds is 5. The normalized spacial score (nSPS) is 10.8. The Labute approximate surface area is 217 Å². The standard InChI is InChI=1S/C16H17N3.C13H16N4O/c1-19(2)11-12-5-7-13(8-6-12)15-10-14-4-3-9-17-16(14)18-15;1-16(2)13(18)14-11-6-4-10(5-7-11)12-8-9-17(3)15-12/h3-10H,11H2,1-2H3,(H,17,18);4-9H,1-3H3,(H,14,18). The quantitative estimate of drug-likeness (QED) is 0.339. The van der Waals surface area contributed by atoms with Gasteiger partial charge in [-0.25, -0.2) is 9.78 Å². The smallest absolute Gasteiger partial charge is 0.321 e. The first-order chi connectivity index (χ1) is 17.8. The summed E-state index contributed by atoms with van der Waals surface area (Å²) in [5, 5.41) is 8.26. The van der Waals surface area contributed by atoms with E-state index in [2.05, 4.69) is 75.8 Å². The van der Waals surface area contributed by atoms with E-state index in [1.165, 1.54) is 16.0 Å². The van der Waals surface area contributed by atoms with E-state index in [4.69, 9.17) is 0 Å². The zero-order valence-electron chi connectivity index (χ0n) is 21.9. The number of anilines is 1. The number of urea groups is 1. The Bertz CT molecular complexity index is 1410. The number of hydrogen-bond donors (Lipinski definition) is 2. The summed E-state index contributed by atoms with van der Waals surface area (Å²) in [6.07, 6.45) is 3.71. The van der Waals surface area contributed by atoms with Gasteiger partial charge in [0, 0.05) is 62.4 Å². The third-order valence-electron chi connectivity index (χ3n) is 5.71. The number of pyridine rings is 1. The predicted molar refractivity (Wildman–Crippen MR) is 150 cm³/mol. The molecular formula is C29H33N7O.